The Bertz CT molecular complexity index is 499. The Morgan fingerprint density at radius 2 is 1.83 bits per heavy atom. The van der Waals surface area contributed by atoms with Crippen molar-refractivity contribution in [2.75, 3.05) is 31.6 Å². The lowest BCUT2D eigenvalue weighted by atomic mass is 10.1. The van der Waals surface area contributed by atoms with Crippen LogP contribution >= 0.6 is 0 Å². The Hall–Kier alpha value is -1.51. The minimum atomic E-state index is 0.940. The van der Waals surface area contributed by atoms with Gasteiger partial charge in [0.1, 0.15) is 5.84 Å². The van der Waals surface area contributed by atoms with Crippen LogP contribution in [0.15, 0.2) is 17.1 Å². The fourth-order valence-corrected chi connectivity index (χ4v) is 2.98. The summed E-state index contributed by atoms with van der Waals surface area (Å²) in [5.41, 5.74) is 5.04. The Morgan fingerprint density at radius 3 is 2.56 bits per heavy atom. The molecule has 1 saturated heterocycles. The molecular weight excluding hydrogens is 222 g/mol. The van der Waals surface area contributed by atoms with Crippen LogP contribution in [0.4, 0.5) is 11.4 Å². The highest BCUT2D eigenvalue weighted by molar-refractivity contribution is 5.95. The van der Waals surface area contributed by atoms with Crippen LogP contribution in [0.5, 0.6) is 0 Å². The van der Waals surface area contributed by atoms with E-state index in [0.717, 1.165) is 12.2 Å². The van der Waals surface area contributed by atoms with Gasteiger partial charge in [-0.3, -0.25) is 0 Å². The van der Waals surface area contributed by atoms with Gasteiger partial charge in [0.05, 0.1) is 17.9 Å². The summed E-state index contributed by atoms with van der Waals surface area (Å²) in [6.07, 6.45) is 2.62. The minimum absolute atomic E-state index is 0.940. The van der Waals surface area contributed by atoms with E-state index in [2.05, 4.69) is 42.8 Å². The number of anilines is 1. The average molecular weight is 243 g/mol. The third-order valence-electron chi connectivity index (χ3n) is 3.93. The van der Waals surface area contributed by atoms with Crippen molar-refractivity contribution < 1.29 is 0 Å². The van der Waals surface area contributed by atoms with Crippen molar-refractivity contribution in [1.82, 2.24) is 4.90 Å². The predicted molar refractivity (Wildman–Crippen MR) is 77.1 cm³/mol. The zero-order chi connectivity index (χ0) is 12.7. The van der Waals surface area contributed by atoms with Crippen LogP contribution in [0.25, 0.3) is 0 Å². The van der Waals surface area contributed by atoms with Gasteiger partial charge < -0.3 is 9.80 Å². The highest BCUT2D eigenvalue weighted by atomic mass is 15.3. The molecule has 1 aromatic rings. The number of likely N-dealkylation sites (tertiary alicyclic amines) is 1. The van der Waals surface area contributed by atoms with Crippen LogP contribution in [-0.2, 0) is 0 Å². The van der Waals surface area contributed by atoms with E-state index in [1.807, 2.05) is 0 Å². The van der Waals surface area contributed by atoms with Gasteiger partial charge in [-0.1, -0.05) is 6.07 Å². The molecular formula is C15H21N3. The first-order valence-corrected chi connectivity index (χ1v) is 6.80. The van der Waals surface area contributed by atoms with Gasteiger partial charge in [-0.15, -0.1) is 0 Å². The summed E-state index contributed by atoms with van der Waals surface area (Å²) in [6, 6.07) is 4.47. The van der Waals surface area contributed by atoms with Crippen LogP contribution < -0.4 is 4.90 Å². The molecule has 0 unspecified atom stereocenters. The van der Waals surface area contributed by atoms with E-state index < -0.39 is 0 Å². The van der Waals surface area contributed by atoms with Gasteiger partial charge in [0.15, 0.2) is 0 Å². The Balaban J connectivity index is 2.04. The molecule has 0 bridgehead atoms. The number of fused-ring (bicyclic) bond motifs is 1. The average Bonchev–Trinajstić information content (AvgIpc) is 2.83. The summed E-state index contributed by atoms with van der Waals surface area (Å²) in [6.45, 7) is 7.60. The SMILES string of the molecule is Cc1cc(C)c2c(c1)N(C)CC(N1CCCC1)=N2. The number of hydrogen-bond acceptors (Lipinski definition) is 3. The van der Waals surface area contributed by atoms with E-state index >= 15 is 0 Å². The van der Waals surface area contributed by atoms with Gasteiger partial charge >= 0.3 is 0 Å². The quantitative estimate of drug-likeness (QED) is 0.697. The van der Waals surface area contributed by atoms with Crippen LogP contribution in [-0.4, -0.2) is 37.4 Å². The van der Waals surface area contributed by atoms with E-state index in [-0.39, 0.29) is 0 Å². The van der Waals surface area contributed by atoms with Gasteiger partial charge in [-0.05, 0) is 43.9 Å². The van der Waals surface area contributed by atoms with Crippen LogP contribution in [0.3, 0.4) is 0 Å². The molecule has 18 heavy (non-hydrogen) atoms. The van der Waals surface area contributed by atoms with Gasteiger partial charge in [0.25, 0.3) is 0 Å². The summed E-state index contributed by atoms with van der Waals surface area (Å²) in [5, 5.41) is 0. The molecule has 0 spiro atoms. The van der Waals surface area contributed by atoms with E-state index in [1.54, 1.807) is 0 Å². The van der Waals surface area contributed by atoms with Crippen molar-refractivity contribution in [2.45, 2.75) is 26.7 Å². The number of aryl methyl sites for hydroxylation is 2. The summed E-state index contributed by atoms with van der Waals surface area (Å²) >= 11 is 0. The van der Waals surface area contributed by atoms with Gasteiger partial charge in [0, 0.05) is 20.1 Å². The number of nitrogens with zero attached hydrogens (tertiary/aromatic N) is 3. The predicted octanol–water partition coefficient (Wildman–Crippen LogP) is 2.88. The summed E-state index contributed by atoms with van der Waals surface area (Å²) in [7, 11) is 2.17. The highest BCUT2D eigenvalue weighted by Gasteiger charge is 2.23. The molecule has 0 atom stereocenters. The molecule has 0 radical (unpaired) electrons. The number of rotatable bonds is 0. The first kappa shape index (κ1) is 11.6. The fraction of sp³-hybridized carbons (Fsp3) is 0.533. The summed E-state index contributed by atoms with van der Waals surface area (Å²) < 4.78 is 0. The molecule has 0 aliphatic carbocycles. The molecule has 2 heterocycles. The molecule has 1 fully saturated rings. The molecule has 2 aliphatic rings. The zero-order valence-corrected chi connectivity index (χ0v) is 11.5. The molecule has 96 valence electrons. The molecule has 0 saturated carbocycles. The second kappa shape index (κ2) is 4.30. The van der Waals surface area contributed by atoms with E-state index in [0.29, 0.717) is 0 Å². The van der Waals surface area contributed by atoms with Crippen molar-refractivity contribution in [3.63, 3.8) is 0 Å². The lowest BCUT2D eigenvalue weighted by Gasteiger charge is -2.32. The zero-order valence-electron chi connectivity index (χ0n) is 11.5. The Kier molecular flexibility index (Phi) is 2.77. The lowest BCUT2D eigenvalue weighted by molar-refractivity contribution is 0.509. The minimum Gasteiger partial charge on any atom is -0.365 e. The van der Waals surface area contributed by atoms with E-state index in [4.69, 9.17) is 4.99 Å². The molecule has 1 aromatic carbocycles. The van der Waals surface area contributed by atoms with Crippen molar-refractivity contribution >= 4 is 17.2 Å². The van der Waals surface area contributed by atoms with Crippen molar-refractivity contribution in [3.8, 4) is 0 Å². The summed E-state index contributed by atoms with van der Waals surface area (Å²) in [4.78, 5) is 9.69. The van der Waals surface area contributed by atoms with Gasteiger partial charge in [-0.25, -0.2) is 4.99 Å². The van der Waals surface area contributed by atoms with Crippen LogP contribution in [0.1, 0.15) is 24.0 Å². The third-order valence-corrected chi connectivity index (χ3v) is 3.93. The third kappa shape index (κ3) is 1.88. The second-order valence-corrected chi connectivity index (χ2v) is 5.53. The van der Waals surface area contributed by atoms with Crippen molar-refractivity contribution in [1.29, 1.82) is 0 Å². The Morgan fingerprint density at radius 1 is 1.11 bits per heavy atom. The normalized spacial score (nSPS) is 18.9. The van der Waals surface area contributed by atoms with Gasteiger partial charge in [-0.2, -0.15) is 0 Å². The van der Waals surface area contributed by atoms with Crippen LogP contribution in [0, 0.1) is 13.8 Å². The molecule has 0 amide bonds. The smallest absolute Gasteiger partial charge is 0.124 e. The van der Waals surface area contributed by atoms with Crippen molar-refractivity contribution in [3.05, 3.63) is 23.3 Å². The maximum absolute atomic E-state index is 4.92. The number of hydrogen-bond donors (Lipinski definition) is 0. The topological polar surface area (TPSA) is 18.8 Å². The molecule has 3 heteroatoms. The number of likely N-dealkylation sites (N-methyl/N-ethyl adjacent to an activating group) is 1. The first-order chi connectivity index (χ1) is 8.65. The standard InChI is InChI=1S/C15H21N3/c1-11-8-12(2)15-13(9-11)17(3)10-14(16-15)18-6-4-5-7-18/h8-9H,4-7,10H2,1-3H3. The molecule has 0 aromatic heterocycles. The summed E-state index contributed by atoms with van der Waals surface area (Å²) in [5.74, 6) is 1.24. The molecule has 3 rings (SSSR count). The van der Waals surface area contributed by atoms with Crippen molar-refractivity contribution in [2.24, 2.45) is 4.99 Å². The monoisotopic (exact) mass is 243 g/mol. The second-order valence-electron chi connectivity index (χ2n) is 5.53. The number of benzene rings is 1. The highest BCUT2D eigenvalue weighted by Crippen LogP contribution is 2.36. The lowest BCUT2D eigenvalue weighted by Crippen LogP contribution is -2.39. The number of aliphatic imine (C=N–C) groups is 1. The largest absolute Gasteiger partial charge is 0.365 e. The maximum atomic E-state index is 4.92. The molecule has 2 aliphatic heterocycles. The first-order valence-electron chi connectivity index (χ1n) is 6.80. The molecule has 0 N–H and O–H groups in total. The van der Waals surface area contributed by atoms with Gasteiger partial charge in [0.2, 0.25) is 0 Å². The number of amidine groups is 1. The maximum Gasteiger partial charge on any atom is 0.124 e. The Labute approximate surface area is 109 Å². The van der Waals surface area contributed by atoms with Crippen LogP contribution in [0.2, 0.25) is 0 Å². The molecule has 3 nitrogen and oxygen atoms in total. The van der Waals surface area contributed by atoms with E-state index in [9.17, 15) is 0 Å². The van der Waals surface area contributed by atoms with E-state index in [1.165, 1.54) is 48.6 Å². The fourth-order valence-electron chi connectivity index (χ4n) is 2.98.